The fourth-order valence-electron chi connectivity index (χ4n) is 2.06. The topological polar surface area (TPSA) is 35.2 Å². The molecule has 1 aliphatic heterocycles. The van der Waals surface area contributed by atoms with Crippen LogP contribution >= 0.6 is 0 Å². The monoisotopic (exact) mass is 231 g/mol. The van der Waals surface area contributed by atoms with Crippen LogP contribution in [0.1, 0.15) is 37.8 Å². The SMILES string of the molecule is CC1(C)C=Cc2cc(CCCCN)ccc2O1. The smallest absolute Gasteiger partial charge is 0.127 e. The van der Waals surface area contributed by atoms with Gasteiger partial charge in [-0.25, -0.2) is 0 Å². The zero-order valence-electron chi connectivity index (χ0n) is 10.7. The summed E-state index contributed by atoms with van der Waals surface area (Å²) in [4.78, 5) is 0. The van der Waals surface area contributed by atoms with Crippen LogP contribution in [0.5, 0.6) is 5.75 Å². The predicted molar refractivity (Wildman–Crippen MR) is 72.2 cm³/mol. The standard InChI is InChI=1S/C15H21NO/c1-15(2)9-8-13-11-12(5-3-4-10-16)6-7-14(13)17-15/h6-9,11H,3-5,10,16H2,1-2H3. The van der Waals surface area contributed by atoms with Crippen molar-refractivity contribution in [3.05, 3.63) is 35.4 Å². The van der Waals surface area contributed by atoms with Crippen molar-refractivity contribution < 1.29 is 4.74 Å². The molecule has 1 heterocycles. The lowest BCUT2D eigenvalue weighted by molar-refractivity contribution is 0.159. The molecule has 0 bridgehead atoms. The van der Waals surface area contributed by atoms with Crippen molar-refractivity contribution in [2.45, 2.75) is 38.7 Å². The Bertz CT molecular complexity index is 421. The first kappa shape index (κ1) is 12.2. The Morgan fingerprint density at radius 3 is 2.82 bits per heavy atom. The number of benzene rings is 1. The van der Waals surface area contributed by atoms with Gasteiger partial charge in [-0.15, -0.1) is 0 Å². The number of aryl methyl sites for hydroxylation is 1. The average Bonchev–Trinajstić information content (AvgIpc) is 2.29. The Hall–Kier alpha value is -1.28. The van der Waals surface area contributed by atoms with Gasteiger partial charge in [0.15, 0.2) is 0 Å². The van der Waals surface area contributed by atoms with E-state index in [4.69, 9.17) is 10.5 Å². The fraction of sp³-hybridized carbons (Fsp3) is 0.467. The molecule has 0 radical (unpaired) electrons. The summed E-state index contributed by atoms with van der Waals surface area (Å²) in [5, 5.41) is 0. The van der Waals surface area contributed by atoms with E-state index in [0.29, 0.717) is 0 Å². The number of fused-ring (bicyclic) bond motifs is 1. The summed E-state index contributed by atoms with van der Waals surface area (Å²) in [6.45, 7) is 4.92. The van der Waals surface area contributed by atoms with Gasteiger partial charge in [0, 0.05) is 5.56 Å². The molecule has 0 aromatic heterocycles. The maximum Gasteiger partial charge on any atom is 0.127 e. The zero-order chi connectivity index (χ0) is 12.3. The molecule has 1 aromatic carbocycles. The first-order valence-corrected chi connectivity index (χ1v) is 6.32. The van der Waals surface area contributed by atoms with Crippen LogP contribution in [-0.2, 0) is 6.42 Å². The lowest BCUT2D eigenvalue weighted by atomic mass is 9.99. The number of hydrogen-bond donors (Lipinski definition) is 1. The van der Waals surface area contributed by atoms with Crippen LogP contribution in [0.4, 0.5) is 0 Å². The molecule has 2 heteroatoms. The average molecular weight is 231 g/mol. The molecule has 0 spiro atoms. The van der Waals surface area contributed by atoms with Crippen LogP contribution in [0.15, 0.2) is 24.3 Å². The molecule has 17 heavy (non-hydrogen) atoms. The van der Waals surface area contributed by atoms with Crippen molar-refractivity contribution in [3.63, 3.8) is 0 Å². The molecule has 0 amide bonds. The Labute approximate surface area is 103 Å². The van der Waals surface area contributed by atoms with Gasteiger partial charge in [-0.05, 0) is 63.4 Å². The second-order valence-corrected chi connectivity index (χ2v) is 5.16. The molecule has 2 N–H and O–H groups in total. The van der Waals surface area contributed by atoms with E-state index < -0.39 is 0 Å². The van der Waals surface area contributed by atoms with E-state index in [0.717, 1.165) is 31.6 Å². The maximum absolute atomic E-state index is 5.89. The lowest BCUT2D eigenvalue weighted by Crippen LogP contribution is -2.27. The van der Waals surface area contributed by atoms with Crippen molar-refractivity contribution in [1.29, 1.82) is 0 Å². The first-order valence-electron chi connectivity index (χ1n) is 6.32. The summed E-state index contributed by atoms with van der Waals surface area (Å²) in [6, 6.07) is 6.46. The van der Waals surface area contributed by atoms with Crippen LogP contribution in [0, 0.1) is 0 Å². The van der Waals surface area contributed by atoms with Crippen molar-refractivity contribution in [1.82, 2.24) is 0 Å². The highest BCUT2D eigenvalue weighted by Gasteiger charge is 2.21. The number of rotatable bonds is 4. The summed E-state index contributed by atoms with van der Waals surface area (Å²) in [7, 11) is 0. The summed E-state index contributed by atoms with van der Waals surface area (Å²) in [6.07, 6.45) is 7.62. The third-order valence-corrected chi connectivity index (χ3v) is 3.03. The molecule has 2 rings (SSSR count). The molecular weight excluding hydrogens is 210 g/mol. The van der Waals surface area contributed by atoms with Crippen molar-refractivity contribution in [2.24, 2.45) is 5.73 Å². The lowest BCUT2D eigenvalue weighted by Gasteiger charge is -2.28. The van der Waals surface area contributed by atoms with Gasteiger partial charge in [-0.1, -0.05) is 12.1 Å². The maximum atomic E-state index is 5.89. The number of unbranched alkanes of at least 4 members (excludes halogenated alkanes) is 1. The zero-order valence-corrected chi connectivity index (χ0v) is 10.7. The number of hydrogen-bond acceptors (Lipinski definition) is 2. The largest absolute Gasteiger partial charge is 0.483 e. The molecule has 1 aromatic rings. The Morgan fingerprint density at radius 1 is 1.24 bits per heavy atom. The Kier molecular flexibility index (Phi) is 3.53. The van der Waals surface area contributed by atoms with Gasteiger partial charge < -0.3 is 10.5 Å². The van der Waals surface area contributed by atoms with Gasteiger partial charge in [0.2, 0.25) is 0 Å². The molecular formula is C15H21NO. The summed E-state index contributed by atoms with van der Waals surface area (Å²) in [5.74, 6) is 0.986. The molecule has 92 valence electrons. The molecule has 0 fully saturated rings. The summed E-state index contributed by atoms with van der Waals surface area (Å²) < 4.78 is 5.89. The third kappa shape index (κ3) is 3.10. The molecule has 0 atom stereocenters. The van der Waals surface area contributed by atoms with E-state index in [2.05, 4.69) is 44.2 Å². The normalized spacial score (nSPS) is 16.4. The number of nitrogens with two attached hydrogens (primary N) is 1. The van der Waals surface area contributed by atoms with Crippen molar-refractivity contribution >= 4 is 6.08 Å². The van der Waals surface area contributed by atoms with E-state index in [1.807, 2.05) is 0 Å². The van der Waals surface area contributed by atoms with Gasteiger partial charge in [-0.2, -0.15) is 0 Å². The van der Waals surface area contributed by atoms with Crippen LogP contribution in [0.25, 0.3) is 6.08 Å². The van der Waals surface area contributed by atoms with Gasteiger partial charge >= 0.3 is 0 Å². The molecule has 0 aliphatic carbocycles. The third-order valence-electron chi connectivity index (χ3n) is 3.03. The van der Waals surface area contributed by atoms with Crippen LogP contribution in [0.2, 0.25) is 0 Å². The van der Waals surface area contributed by atoms with Gasteiger partial charge in [0.25, 0.3) is 0 Å². The second-order valence-electron chi connectivity index (χ2n) is 5.16. The number of ether oxygens (including phenoxy) is 1. The van der Waals surface area contributed by atoms with Gasteiger partial charge in [0.05, 0.1) is 0 Å². The molecule has 0 saturated carbocycles. The highest BCUT2D eigenvalue weighted by atomic mass is 16.5. The van der Waals surface area contributed by atoms with E-state index in [-0.39, 0.29) is 5.60 Å². The quantitative estimate of drug-likeness (QED) is 0.808. The second kappa shape index (κ2) is 4.92. The first-order chi connectivity index (χ1) is 8.11. The molecule has 0 unspecified atom stereocenters. The molecule has 0 saturated heterocycles. The van der Waals surface area contributed by atoms with Gasteiger partial charge in [0.1, 0.15) is 11.4 Å². The van der Waals surface area contributed by atoms with E-state index in [1.165, 1.54) is 11.1 Å². The van der Waals surface area contributed by atoms with Crippen LogP contribution in [-0.4, -0.2) is 12.1 Å². The summed E-state index contributed by atoms with van der Waals surface area (Å²) >= 11 is 0. The highest BCUT2D eigenvalue weighted by molar-refractivity contribution is 5.61. The van der Waals surface area contributed by atoms with E-state index in [9.17, 15) is 0 Å². The highest BCUT2D eigenvalue weighted by Crippen LogP contribution is 2.31. The molecule has 1 aliphatic rings. The van der Waals surface area contributed by atoms with Gasteiger partial charge in [-0.3, -0.25) is 0 Å². The van der Waals surface area contributed by atoms with Crippen LogP contribution < -0.4 is 10.5 Å². The van der Waals surface area contributed by atoms with Crippen molar-refractivity contribution in [3.8, 4) is 5.75 Å². The Morgan fingerprint density at radius 2 is 2.06 bits per heavy atom. The predicted octanol–water partition coefficient (Wildman–Crippen LogP) is 3.15. The van der Waals surface area contributed by atoms with Crippen LogP contribution in [0.3, 0.4) is 0 Å². The summed E-state index contributed by atoms with van der Waals surface area (Å²) in [5.41, 5.74) is 7.87. The fourth-order valence-corrected chi connectivity index (χ4v) is 2.06. The van der Waals surface area contributed by atoms with E-state index >= 15 is 0 Å². The molecule has 2 nitrogen and oxygen atoms in total. The van der Waals surface area contributed by atoms with Crippen molar-refractivity contribution in [2.75, 3.05) is 6.54 Å². The minimum absolute atomic E-state index is 0.186. The minimum atomic E-state index is -0.186. The Balaban J connectivity index is 2.10. The van der Waals surface area contributed by atoms with E-state index in [1.54, 1.807) is 0 Å². The minimum Gasteiger partial charge on any atom is -0.483 e.